The summed E-state index contributed by atoms with van der Waals surface area (Å²) in [6.07, 6.45) is 1.73. The van der Waals surface area contributed by atoms with Crippen molar-refractivity contribution in [2.45, 2.75) is 32.8 Å². The lowest BCUT2D eigenvalue weighted by molar-refractivity contribution is -0.149. The number of hydrogen-bond donors (Lipinski definition) is 1. The zero-order chi connectivity index (χ0) is 24.3. The van der Waals surface area contributed by atoms with Gasteiger partial charge in [-0.2, -0.15) is 0 Å². The summed E-state index contributed by atoms with van der Waals surface area (Å²) in [4.78, 5) is 37.8. The van der Waals surface area contributed by atoms with E-state index in [4.69, 9.17) is 21.1 Å². The maximum absolute atomic E-state index is 13.4. The SMILES string of the molecule is C/C=C/C(=O)OC(C)C(C(=O)O)c1c(C)n(C(=O)c2ccc(Cl)cc2)c2ccc(OC)cc12. The highest BCUT2D eigenvalue weighted by Gasteiger charge is 2.35. The molecule has 0 aliphatic rings. The van der Waals surface area contributed by atoms with E-state index in [2.05, 4.69) is 0 Å². The first-order valence-electron chi connectivity index (χ1n) is 10.2. The van der Waals surface area contributed by atoms with E-state index >= 15 is 0 Å². The fraction of sp³-hybridized carbons (Fsp3) is 0.240. The Hall–Kier alpha value is -3.58. The zero-order valence-electron chi connectivity index (χ0n) is 18.7. The van der Waals surface area contributed by atoms with Gasteiger partial charge in [0.1, 0.15) is 17.8 Å². The van der Waals surface area contributed by atoms with Crippen molar-refractivity contribution < 1.29 is 29.0 Å². The molecule has 0 radical (unpaired) electrons. The van der Waals surface area contributed by atoms with Crippen molar-refractivity contribution in [3.63, 3.8) is 0 Å². The number of esters is 1. The number of rotatable bonds is 7. The molecule has 0 aliphatic carbocycles. The fourth-order valence-corrected chi connectivity index (χ4v) is 4.04. The molecule has 3 rings (SSSR count). The van der Waals surface area contributed by atoms with Gasteiger partial charge in [0, 0.05) is 27.7 Å². The molecule has 0 spiro atoms. The monoisotopic (exact) mass is 469 g/mol. The molecule has 172 valence electrons. The van der Waals surface area contributed by atoms with E-state index in [1.807, 2.05) is 0 Å². The van der Waals surface area contributed by atoms with Gasteiger partial charge in [-0.05, 0) is 68.8 Å². The third-order valence-corrected chi connectivity index (χ3v) is 5.66. The van der Waals surface area contributed by atoms with Gasteiger partial charge in [-0.1, -0.05) is 17.7 Å². The Balaban J connectivity index is 2.24. The van der Waals surface area contributed by atoms with Crippen LogP contribution in [0.1, 0.15) is 41.4 Å². The first kappa shape index (κ1) is 24.1. The van der Waals surface area contributed by atoms with E-state index in [0.717, 1.165) is 0 Å². The topological polar surface area (TPSA) is 94.8 Å². The van der Waals surface area contributed by atoms with Crippen molar-refractivity contribution in [2.24, 2.45) is 0 Å². The van der Waals surface area contributed by atoms with Gasteiger partial charge < -0.3 is 14.6 Å². The molecule has 7 nitrogen and oxygen atoms in total. The van der Waals surface area contributed by atoms with Crippen molar-refractivity contribution in [1.29, 1.82) is 0 Å². The molecule has 1 N–H and O–H groups in total. The van der Waals surface area contributed by atoms with Crippen LogP contribution in [-0.4, -0.2) is 40.7 Å². The predicted molar refractivity (Wildman–Crippen MR) is 125 cm³/mol. The molecule has 2 atom stereocenters. The molecule has 0 aliphatic heterocycles. The number of aromatic nitrogens is 1. The molecule has 8 heteroatoms. The lowest BCUT2D eigenvalue weighted by atomic mass is 9.91. The van der Waals surface area contributed by atoms with Crippen LogP contribution in [-0.2, 0) is 14.3 Å². The van der Waals surface area contributed by atoms with E-state index in [0.29, 0.717) is 38.5 Å². The number of nitrogens with zero attached hydrogens (tertiary/aromatic N) is 1. The average molecular weight is 470 g/mol. The molecule has 3 aromatic rings. The minimum atomic E-state index is -1.21. The van der Waals surface area contributed by atoms with Crippen LogP contribution < -0.4 is 4.74 Å². The number of ether oxygens (including phenoxy) is 2. The Morgan fingerprint density at radius 2 is 1.79 bits per heavy atom. The molecule has 2 aromatic carbocycles. The molecule has 0 bridgehead atoms. The van der Waals surface area contributed by atoms with Crippen LogP contribution in [0.25, 0.3) is 10.9 Å². The van der Waals surface area contributed by atoms with Gasteiger partial charge >= 0.3 is 11.9 Å². The summed E-state index contributed by atoms with van der Waals surface area (Å²) in [7, 11) is 1.50. The summed E-state index contributed by atoms with van der Waals surface area (Å²) in [6.45, 7) is 4.85. The fourth-order valence-electron chi connectivity index (χ4n) is 3.91. The summed E-state index contributed by atoms with van der Waals surface area (Å²) in [5, 5.41) is 11.1. The smallest absolute Gasteiger partial charge is 0.330 e. The van der Waals surface area contributed by atoms with Gasteiger partial charge in [-0.25, -0.2) is 4.79 Å². The second kappa shape index (κ2) is 9.92. The Labute approximate surface area is 196 Å². The summed E-state index contributed by atoms with van der Waals surface area (Å²) in [5.74, 6) is -2.88. The number of halogens is 1. The highest BCUT2D eigenvalue weighted by atomic mass is 35.5. The molecule has 0 amide bonds. The van der Waals surface area contributed by atoms with Gasteiger partial charge in [-0.15, -0.1) is 0 Å². The van der Waals surface area contributed by atoms with E-state index in [1.165, 1.54) is 30.8 Å². The van der Waals surface area contributed by atoms with Crippen molar-refractivity contribution in [2.75, 3.05) is 7.11 Å². The number of carboxylic acid groups (broad SMARTS) is 1. The zero-order valence-corrected chi connectivity index (χ0v) is 19.4. The number of allylic oxidation sites excluding steroid dienone is 1. The van der Waals surface area contributed by atoms with Crippen molar-refractivity contribution in [3.8, 4) is 5.75 Å². The van der Waals surface area contributed by atoms with Crippen molar-refractivity contribution in [3.05, 3.63) is 76.5 Å². The Morgan fingerprint density at radius 1 is 1.12 bits per heavy atom. The first-order chi connectivity index (χ1) is 15.7. The summed E-state index contributed by atoms with van der Waals surface area (Å²) in [5.41, 5.74) is 1.71. The molecule has 0 fully saturated rings. The average Bonchev–Trinajstić information content (AvgIpc) is 3.05. The molecule has 2 unspecified atom stereocenters. The van der Waals surface area contributed by atoms with Crippen molar-refractivity contribution >= 4 is 40.3 Å². The lowest BCUT2D eigenvalue weighted by Gasteiger charge is -2.21. The Kier molecular flexibility index (Phi) is 7.23. The van der Waals surface area contributed by atoms with Crippen molar-refractivity contribution in [1.82, 2.24) is 4.57 Å². The number of carbonyl (C=O) groups is 3. The number of hydrogen-bond acceptors (Lipinski definition) is 5. The third-order valence-electron chi connectivity index (χ3n) is 5.41. The highest BCUT2D eigenvalue weighted by molar-refractivity contribution is 6.30. The third kappa shape index (κ3) is 4.78. The summed E-state index contributed by atoms with van der Waals surface area (Å²) >= 11 is 5.96. The number of aliphatic carboxylic acids is 1. The molecule has 1 aromatic heterocycles. The molecular formula is C25H24ClNO6. The maximum atomic E-state index is 13.4. The largest absolute Gasteiger partial charge is 0.497 e. The first-order valence-corrected chi connectivity index (χ1v) is 10.6. The van der Waals surface area contributed by atoms with E-state index in [-0.39, 0.29) is 5.91 Å². The molecular weight excluding hydrogens is 446 g/mol. The van der Waals surface area contributed by atoms with E-state index < -0.39 is 24.0 Å². The standard InChI is InChI=1S/C25H24ClNO6/c1-5-6-21(28)33-15(3)23(25(30)31)22-14(2)27(20-12-11-18(32-4)13-19(20)22)24(29)16-7-9-17(26)10-8-16/h5-13,15,23H,1-4H3,(H,30,31)/b6-5+. The molecule has 0 saturated carbocycles. The van der Waals surface area contributed by atoms with E-state index in [1.54, 1.807) is 56.3 Å². The van der Waals surface area contributed by atoms with Crippen LogP contribution in [0.3, 0.4) is 0 Å². The quantitative estimate of drug-likeness (QED) is 0.387. The van der Waals surface area contributed by atoms with Gasteiger partial charge in [0.2, 0.25) is 0 Å². The number of benzene rings is 2. The number of fused-ring (bicyclic) bond motifs is 1. The maximum Gasteiger partial charge on any atom is 0.330 e. The normalized spacial score (nSPS) is 13.1. The lowest BCUT2D eigenvalue weighted by Crippen LogP contribution is -2.28. The molecule has 33 heavy (non-hydrogen) atoms. The van der Waals surface area contributed by atoms with Gasteiger partial charge in [0.25, 0.3) is 5.91 Å². The van der Waals surface area contributed by atoms with E-state index in [9.17, 15) is 19.5 Å². The Morgan fingerprint density at radius 3 is 2.36 bits per heavy atom. The minimum Gasteiger partial charge on any atom is -0.497 e. The second-order valence-electron chi connectivity index (χ2n) is 7.49. The highest BCUT2D eigenvalue weighted by Crippen LogP contribution is 2.37. The van der Waals surface area contributed by atoms with Gasteiger partial charge in [-0.3, -0.25) is 14.2 Å². The summed E-state index contributed by atoms with van der Waals surface area (Å²) in [6, 6.07) is 11.5. The molecule has 0 saturated heterocycles. The Bertz CT molecular complexity index is 1240. The van der Waals surface area contributed by atoms with Gasteiger partial charge in [0.15, 0.2) is 0 Å². The summed E-state index contributed by atoms with van der Waals surface area (Å²) < 4.78 is 12.1. The van der Waals surface area contributed by atoms with Crippen LogP contribution >= 0.6 is 11.6 Å². The number of methoxy groups -OCH3 is 1. The minimum absolute atomic E-state index is 0.340. The second-order valence-corrected chi connectivity index (χ2v) is 7.92. The van der Waals surface area contributed by atoms with Crippen LogP contribution in [0.15, 0.2) is 54.6 Å². The van der Waals surface area contributed by atoms with Crippen LogP contribution in [0.4, 0.5) is 0 Å². The van der Waals surface area contributed by atoms with Crippen LogP contribution in [0, 0.1) is 6.92 Å². The van der Waals surface area contributed by atoms with Crippen LogP contribution in [0.5, 0.6) is 5.75 Å². The van der Waals surface area contributed by atoms with Gasteiger partial charge in [0.05, 0.1) is 12.6 Å². The molecule has 1 heterocycles. The van der Waals surface area contributed by atoms with Crippen LogP contribution in [0.2, 0.25) is 5.02 Å². The number of carboxylic acids is 1. The predicted octanol–water partition coefficient (Wildman–Crippen LogP) is 4.98. The number of carbonyl (C=O) groups excluding carboxylic acids is 2.